The van der Waals surface area contributed by atoms with Gasteiger partial charge in [0.05, 0.1) is 12.3 Å². The van der Waals surface area contributed by atoms with E-state index in [1.165, 1.54) is 5.56 Å². The van der Waals surface area contributed by atoms with Crippen molar-refractivity contribution in [3.63, 3.8) is 0 Å². The average molecular weight is 345 g/mol. The first kappa shape index (κ1) is 15.5. The van der Waals surface area contributed by atoms with Gasteiger partial charge in [-0.2, -0.15) is 5.10 Å². The van der Waals surface area contributed by atoms with Crippen LogP contribution in [0.5, 0.6) is 0 Å². The van der Waals surface area contributed by atoms with E-state index in [1.54, 1.807) is 11.2 Å². The topological polar surface area (TPSA) is 71.3 Å². The summed E-state index contributed by atoms with van der Waals surface area (Å²) in [7, 11) is -3.40. The Morgan fingerprint density at radius 1 is 1.12 bits per heavy atom. The molecular weight excluding hydrogens is 326 g/mol. The molecule has 24 heavy (non-hydrogen) atoms. The third-order valence-corrected chi connectivity index (χ3v) is 5.78. The zero-order valence-electron chi connectivity index (χ0n) is 13.3. The smallest absolute Gasteiger partial charge is 0.256 e. The Morgan fingerprint density at radius 3 is 2.62 bits per heavy atom. The van der Waals surface area contributed by atoms with Crippen LogP contribution >= 0.6 is 0 Å². The van der Waals surface area contributed by atoms with Gasteiger partial charge in [0.15, 0.2) is 5.84 Å². The Balaban J connectivity index is 1.64. The van der Waals surface area contributed by atoms with Crippen LogP contribution in [0.1, 0.15) is 29.9 Å². The van der Waals surface area contributed by atoms with Gasteiger partial charge < -0.3 is 4.74 Å². The van der Waals surface area contributed by atoms with Crippen LogP contribution in [-0.4, -0.2) is 51.0 Å². The fourth-order valence-electron chi connectivity index (χ4n) is 3.29. The zero-order chi connectivity index (χ0) is 16.6. The Labute approximate surface area is 141 Å². The summed E-state index contributed by atoms with van der Waals surface area (Å²) < 4.78 is 33.0. The molecule has 0 saturated carbocycles. The number of amidine groups is 1. The van der Waals surface area contributed by atoms with Crippen LogP contribution in [0.3, 0.4) is 0 Å². The second-order valence-electron chi connectivity index (χ2n) is 6.18. The van der Waals surface area contributed by atoms with Crippen molar-refractivity contribution in [1.82, 2.24) is 5.01 Å². The fraction of sp³-hybridized carbons (Fsp3) is 0.412. The van der Waals surface area contributed by atoms with E-state index >= 15 is 0 Å². The van der Waals surface area contributed by atoms with Crippen LogP contribution in [0, 0.1) is 0 Å². The highest BCUT2D eigenvalue weighted by Gasteiger charge is 2.28. The van der Waals surface area contributed by atoms with Crippen LogP contribution in [0.25, 0.3) is 5.57 Å². The van der Waals surface area contributed by atoms with E-state index in [9.17, 15) is 8.42 Å². The van der Waals surface area contributed by atoms with E-state index in [4.69, 9.17) is 4.74 Å². The first-order valence-corrected chi connectivity index (χ1v) is 9.76. The molecule has 1 aromatic rings. The zero-order valence-corrected chi connectivity index (χ0v) is 14.1. The maximum atomic E-state index is 11.8. The molecule has 7 heteroatoms. The molecule has 0 atom stereocenters. The second-order valence-corrected chi connectivity index (χ2v) is 7.93. The molecule has 3 aliphatic rings. The van der Waals surface area contributed by atoms with Crippen LogP contribution in [0.2, 0.25) is 0 Å². The van der Waals surface area contributed by atoms with Gasteiger partial charge in [0.25, 0.3) is 10.0 Å². The highest BCUT2D eigenvalue weighted by atomic mass is 32.2. The largest absolute Gasteiger partial charge is 0.381 e. The normalized spacial score (nSPS) is 23.4. The average Bonchev–Trinajstić information content (AvgIpc) is 2.61. The quantitative estimate of drug-likeness (QED) is 0.822. The van der Waals surface area contributed by atoms with Gasteiger partial charge in [-0.15, -0.1) is 4.40 Å². The molecule has 3 heterocycles. The molecule has 4 rings (SSSR count). The number of ether oxygens (including phenoxy) is 1. The summed E-state index contributed by atoms with van der Waals surface area (Å²) >= 11 is 0. The maximum Gasteiger partial charge on any atom is 0.256 e. The van der Waals surface area contributed by atoms with Crippen molar-refractivity contribution in [3.8, 4) is 0 Å². The van der Waals surface area contributed by atoms with Gasteiger partial charge in [0.1, 0.15) is 0 Å². The second kappa shape index (κ2) is 6.14. The molecule has 0 N–H and O–H groups in total. The lowest BCUT2D eigenvalue weighted by molar-refractivity contribution is 0.0853. The maximum absolute atomic E-state index is 11.8. The number of rotatable bonds is 2. The highest BCUT2D eigenvalue weighted by Crippen LogP contribution is 2.29. The number of hydrogen-bond acceptors (Lipinski definition) is 5. The highest BCUT2D eigenvalue weighted by molar-refractivity contribution is 7.90. The summed E-state index contributed by atoms with van der Waals surface area (Å²) in [6.07, 6.45) is 5.61. The summed E-state index contributed by atoms with van der Waals surface area (Å²) in [6.45, 7) is 1.98. The van der Waals surface area contributed by atoms with E-state index in [-0.39, 0.29) is 5.75 Å². The minimum atomic E-state index is -3.40. The standard InChI is InChI=1S/C17H19N3O3S/c21-24(22)12-9-20-17(19-24)16(5-8-18-20)15-3-1-13(2-4-15)14-6-10-23-11-7-14/h1-5,8,14H,6-7,9-12H2. The molecule has 0 spiro atoms. The lowest BCUT2D eigenvalue weighted by Gasteiger charge is -2.28. The van der Waals surface area contributed by atoms with Crippen LogP contribution in [0.15, 0.2) is 39.8 Å². The summed E-state index contributed by atoms with van der Waals surface area (Å²) in [5.74, 6) is 0.963. The molecular formula is C17H19N3O3S. The molecule has 3 aliphatic heterocycles. The number of sulfonamides is 1. The van der Waals surface area contributed by atoms with Crippen molar-refractivity contribution in [2.45, 2.75) is 18.8 Å². The Kier molecular flexibility index (Phi) is 3.97. The van der Waals surface area contributed by atoms with E-state index in [1.807, 2.05) is 18.2 Å². The van der Waals surface area contributed by atoms with Gasteiger partial charge in [0, 0.05) is 25.0 Å². The summed E-state index contributed by atoms with van der Waals surface area (Å²) in [5, 5.41) is 5.86. The number of hydrogen-bond donors (Lipinski definition) is 0. The van der Waals surface area contributed by atoms with Crippen molar-refractivity contribution in [2.75, 3.05) is 25.5 Å². The summed E-state index contributed by atoms with van der Waals surface area (Å²) in [4.78, 5) is 0. The molecule has 1 saturated heterocycles. The van der Waals surface area contributed by atoms with E-state index in [2.05, 4.69) is 21.6 Å². The molecule has 0 bridgehead atoms. The number of allylic oxidation sites excluding steroid dienone is 1. The third kappa shape index (κ3) is 3.01. The van der Waals surface area contributed by atoms with Crippen LogP contribution in [0.4, 0.5) is 0 Å². The van der Waals surface area contributed by atoms with Crippen molar-refractivity contribution >= 4 is 27.6 Å². The molecule has 0 aliphatic carbocycles. The van der Waals surface area contributed by atoms with E-state index in [0.29, 0.717) is 18.3 Å². The number of hydrazone groups is 1. The first-order chi connectivity index (χ1) is 11.6. The van der Waals surface area contributed by atoms with E-state index in [0.717, 1.165) is 37.2 Å². The van der Waals surface area contributed by atoms with Gasteiger partial charge in [0.2, 0.25) is 0 Å². The SMILES string of the molecule is O=S1(=O)CCN2N=CC=C(c3ccc(C4CCOCC4)cc3)C2=N1. The molecule has 0 amide bonds. The van der Waals surface area contributed by atoms with Gasteiger partial charge in [-0.25, -0.2) is 13.4 Å². The molecule has 0 radical (unpaired) electrons. The third-order valence-electron chi connectivity index (χ3n) is 4.63. The number of benzene rings is 1. The number of fused-ring (bicyclic) bond motifs is 1. The van der Waals surface area contributed by atoms with E-state index < -0.39 is 10.0 Å². The predicted molar refractivity (Wildman–Crippen MR) is 93.6 cm³/mol. The van der Waals surface area contributed by atoms with Gasteiger partial charge in [-0.3, -0.25) is 0 Å². The lowest BCUT2D eigenvalue weighted by Crippen LogP contribution is -2.38. The van der Waals surface area contributed by atoms with Crippen molar-refractivity contribution in [3.05, 3.63) is 41.5 Å². The minimum Gasteiger partial charge on any atom is -0.381 e. The molecule has 126 valence electrons. The molecule has 1 fully saturated rings. The summed E-state index contributed by atoms with van der Waals surface area (Å²) in [6, 6.07) is 8.33. The van der Waals surface area contributed by atoms with Crippen molar-refractivity contribution < 1.29 is 13.2 Å². The van der Waals surface area contributed by atoms with Crippen molar-refractivity contribution in [2.24, 2.45) is 9.50 Å². The first-order valence-electron chi connectivity index (χ1n) is 8.15. The Bertz CT molecular complexity index is 819. The fourth-order valence-corrected chi connectivity index (χ4v) is 4.24. The Morgan fingerprint density at radius 2 is 1.88 bits per heavy atom. The molecule has 6 nitrogen and oxygen atoms in total. The van der Waals surface area contributed by atoms with Gasteiger partial charge in [-0.1, -0.05) is 24.3 Å². The predicted octanol–water partition coefficient (Wildman–Crippen LogP) is 2.01. The van der Waals surface area contributed by atoms with Crippen molar-refractivity contribution in [1.29, 1.82) is 0 Å². The molecule has 0 aromatic heterocycles. The summed E-state index contributed by atoms with van der Waals surface area (Å²) in [5.41, 5.74) is 3.06. The van der Waals surface area contributed by atoms with Crippen LogP contribution < -0.4 is 0 Å². The lowest BCUT2D eigenvalue weighted by atomic mass is 9.90. The minimum absolute atomic E-state index is 0.00378. The molecule has 1 aromatic carbocycles. The monoisotopic (exact) mass is 345 g/mol. The van der Waals surface area contributed by atoms with Gasteiger partial charge in [-0.05, 0) is 36.0 Å². The number of nitrogens with zero attached hydrogens (tertiary/aromatic N) is 3. The molecule has 0 unspecified atom stereocenters. The Hall–Kier alpha value is -1.99. The van der Waals surface area contributed by atoms with Crippen LogP contribution in [-0.2, 0) is 14.8 Å². The van der Waals surface area contributed by atoms with Gasteiger partial charge >= 0.3 is 0 Å².